The smallest absolute Gasteiger partial charge is 0.242 e. The number of hydrogen-bond acceptors (Lipinski definition) is 3. The van der Waals surface area contributed by atoms with Gasteiger partial charge in [0.1, 0.15) is 4.90 Å². The van der Waals surface area contributed by atoms with Gasteiger partial charge in [0.2, 0.25) is 10.0 Å². The fraction of sp³-hybridized carbons (Fsp3) is 0.143. The number of anilines is 1. The highest BCUT2D eigenvalue weighted by molar-refractivity contribution is 7.89. The lowest BCUT2D eigenvalue weighted by Crippen LogP contribution is -2.24. The predicted octanol–water partition coefficient (Wildman–Crippen LogP) is 2.71. The fourth-order valence-corrected chi connectivity index (χ4v) is 3.20. The highest BCUT2D eigenvalue weighted by Crippen LogP contribution is 2.22. The molecule has 20 heavy (non-hydrogen) atoms. The molecule has 0 heterocycles. The van der Waals surface area contributed by atoms with Gasteiger partial charge in [-0.1, -0.05) is 35.9 Å². The Morgan fingerprint density at radius 2 is 1.90 bits per heavy atom. The van der Waals surface area contributed by atoms with Crippen molar-refractivity contribution in [2.24, 2.45) is 0 Å². The summed E-state index contributed by atoms with van der Waals surface area (Å²) in [6, 6.07) is 11.9. The first-order chi connectivity index (χ1) is 9.40. The molecule has 4 nitrogen and oxygen atoms in total. The molecule has 2 rings (SSSR count). The van der Waals surface area contributed by atoms with E-state index in [1.165, 1.54) is 12.1 Å². The van der Waals surface area contributed by atoms with E-state index in [4.69, 9.17) is 17.3 Å². The molecule has 2 aromatic carbocycles. The van der Waals surface area contributed by atoms with Crippen molar-refractivity contribution in [1.82, 2.24) is 4.72 Å². The van der Waals surface area contributed by atoms with Gasteiger partial charge in [0.05, 0.1) is 5.69 Å². The van der Waals surface area contributed by atoms with Gasteiger partial charge >= 0.3 is 0 Å². The summed E-state index contributed by atoms with van der Waals surface area (Å²) >= 11 is 5.82. The van der Waals surface area contributed by atoms with Crippen LogP contribution in [0.4, 0.5) is 5.69 Å². The molecule has 0 saturated carbocycles. The Balaban J connectivity index is 2.24. The Morgan fingerprint density at radius 3 is 2.60 bits per heavy atom. The molecular formula is C14H15ClN2O2S. The number of halogens is 1. The van der Waals surface area contributed by atoms with Gasteiger partial charge in [-0.25, -0.2) is 13.1 Å². The van der Waals surface area contributed by atoms with Gasteiger partial charge in [0, 0.05) is 11.6 Å². The predicted molar refractivity (Wildman–Crippen MR) is 81.1 cm³/mol. The van der Waals surface area contributed by atoms with Crippen molar-refractivity contribution < 1.29 is 8.42 Å². The summed E-state index contributed by atoms with van der Waals surface area (Å²) in [7, 11) is -3.69. The van der Waals surface area contributed by atoms with Crippen LogP contribution in [0.25, 0.3) is 0 Å². The molecule has 3 N–H and O–H groups in total. The van der Waals surface area contributed by atoms with Crippen molar-refractivity contribution in [3.63, 3.8) is 0 Å². The third-order valence-electron chi connectivity index (χ3n) is 2.98. The minimum atomic E-state index is -3.69. The second-order valence-electron chi connectivity index (χ2n) is 4.43. The largest absolute Gasteiger partial charge is 0.398 e. The fourth-order valence-electron chi connectivity index (χ4n) is 1.80. The maximum atomic E-state index is 12.2. The van der Waals surface area contributed by atoms with E-state index in [2.05, 4.69) is 4.72 Å². The van der Waals surface area contributed by atoms with Crippen molar-refractivity contribution in [1.29, 1.82) is 0 Å². The lowest BCUT2D eigenvalue weighted by molar-refractivity contribution is 0.581. The number of benzene rings is 2. The second kappa shape index (κ2) is 5.83. The molecule has 0 fully saturated rings. The van der Waals surface area contributed by atoms with Crippen molar-refractivity contribution in [2.75, 3.05) is 5.73 Å². The third-order valence-corrected chi connectivity index (χ3v) is 4.67. The van der Waals surface area contributed by atoms with Crippen LogP contribution in [-0.4, -0.2) is 8.42 Å². The molecule has 0 spiro atoms. The van der Waals surface area contributed by atoms with Gasteiger partial charge in [0.25, 0.3) is 0 Å². The van der Waals surface area contributed by atoms with Crippen molar-refractivity contribution >= 4 is 27.3 Å². The van der Waals surface area contributed by atoms with Crippen molar-refractivity contribution in [3.05, 3.63) is 58.6 Å². The van der Waals surface area contributed by atoms with E-state index < -0.39 is 10.0 Å². The summed E-state index contributed by atoms with van der Waals surface area (Å²) in [6.45, 7) is 2.14. The number of hydrogen-bond donors (Lipinski definition) is 2. The van der Waals surface area contributed by atoms with Crippen LogP contribution < -0.4 is 10.5 Å². The molecule has 6 heteroatoms. The second-order valence-corrected chi connectivity index (χ2v) is 6.60. The minimum absolute atomic E-state index is 0.00131. The maximum absolute atomic E-state index is 12.2. The van der Waals surface area contributed by atoms with E-state index in [-0.39, 0.29) is 17.1 Å². The molecule has 0 radical (unpaired) electrons. The molecular weight excluding hydrogens is 296 g/mol. The monoisotopic (exact) mass is 310 g/mol. The zero-order valence-corrected chi connectivity index (χ0v) is 12.5. The average molecular weight is 311 g/mol. The van der Waals surface area contributed by atoms with E-state index >= 15 is 0 Å². The molecule has 0 aliphatic heterocycles. The van der Waals surface area contributed by atoms with E-state index in [1.54, 1.807) is 6.07 Å². The Labute approximate surface area is 123 Å². The van der Waals surface area contributed by atoms with Crippen molar-refractivity contribution in [3.8, 4) is 0 Å². The normalized spacial score (nSPS) is 11.5. The molecule has 0 atom stereocenters. The molecule has 2 aromatic rings. The van der Waals surface area contributed by atoms with Crippen LogP contribution in [0.3, 0.4) is 0 Å². The van der Waals surface area contributed by atoms with Crippen LogP contribution in [-0.2, 0) is 16.6 Å². The van der Waals surface area contributed by atoms with Crippen LogP contribution in [0.5, 0.6) is 0 Å². The van der Waals surface area contributed by atoms with Crippen LogP contribution >= 0.6 is 11.6 Å². The molecule has 0 aliphatic rings. The zero-order valence-electron chi connectivity index (χ0n) is 10.9. The standard InChI is InChI=1S/C14H15ClN2O2S/c1-10-4-2-3-5-11(10)9-17-20(18,19)14-8-12(15)6-7-13(14)16/h2-8,17H,9,16H2,1H3. The first-order valence-electron chi connectivity index (χ1n) is 5.99. The topological polar surface area (TPSA) is 72.2 Å². The Kier molecular flexibility index (Phi) is 4.32. The molecule has 0 aliphatic carbocycles. The quantitative estimate of drug-likeness (QED) is 0.853. The van der Waals surface area contributed by atoms with Crippen LogP contribution in [0.1, 0.15) is 11.1 Å². The van der Waals surface area contributed by atoms with Gasteiger partial charge in [-0.05, 0) is 36.2 Å². The average Bonchev–Trinajstić information content (AvgIpc) is 2.40. The zero-order chi connectivity index (χ0) is 14.8. The van der Waals surface area contributed by atoms with Gasteiger partial charge in [-0.15, -0.1) is 0 Å². The number of nitrogen functional groups attached to an aromatic ring is 1. The van der Waals surface area contributed by atoms with E-state index in [1.807, 2.05) is 31.2 Å². The van der Waals surface area contributed by atoms with Crippen LogP contribution in [0.15, 0.2) is 47.4 Å². The Bertz CT molecular complexity index is 730. The summed E-state index contributed by atoms with van der Waals surface area (Å²) in [6.07, 6.45) is 0. The SMILES string of the molecule is Cc1ccccc1CNS(=O)(=O)c1cc(Cl)ccc1N. The van der Waals surface area contributed by atoms with Gasteiger partial charge < -0.3 is 5.73 Å². The third kappa shape index (κ3) is 3.30. The van der Waals surface area contributed by atoms with Gasteiger partial charge in [-0.2, -0.15) is 0 Å². The lowest BCUT2D eigenvalue weighted by atomic mass is 10.1. The summed E-state index contributed by atoms with van der Waals surface area (Å²) in [5.41, 5.74) is 7.81. The Morgan fingerprint density at radius 1 is 1.20 bits per heavy atom. The lowest BCUT2D eigenvalue weighted by Gasteiger charge is -2.10. The van der Waals surface area contributed by atoms with Gasteiger partial charge in [-0.3, -0.25) is 0 Å². The molecule has 0 saturated heterocycles. The molecule has 0 unspecified atom stereocenters. The molecule has 0 bridgehead atoms. The van der Waals surface area contributed by atoms with Crippen LogP contribution in [0.2, 0.25) is 5.02 Å². The summed E-state index contributed by atoms with van der Waals surface area (Å²) < 4.78 is 27.0. The number of nitrogens with one attached hydrogen (secondary N) is 1. The van der Waals surface area contributed by atoms with E-state index in [0.29, 0.717) is 5.02 Å². The summed E-state index contributed by atoms with van der Waals surface area (Å²) in [5, 5.41) is 0.329. The number of rotatable bonds is 4. The van der Waals surface area contributed by atoms with Crippen LogP contribution in [0, 0.1) is 6.92 Å². The summed E-state index contributed by atoms with van der Waals surface area (Å²) in [4.78, 5) is -0.00131. The summed E-state index contributed by atoms with van der Waals surface area (Å²) in [5.74, 6) is 0. The van der Waals surface area contributed by atoms with Crippen molar-refractivity contribution in [2.45, 2.75) is 18.4 Å². The highest BCUT2D eigenvalue weighted by Gasteiger charge is 2.17. The van der Waals surface area contributed by atoms with E-state index in [9.17, 15) is 8.42 Å². The molecule has 0 aromatic heterocycles. The van der Waals surface area contributed by atoms with E-state index in [0.717, 1.165) is 11.1 Å². The number of sulfonamides is 1. The first kappa shape index (κ1) is 14.8. The number of aryl methyl sites for hydroxylation is 1. The molecule has 106 valence electrons. The molecule has 0 amide bonds. The maximum Gasteiger partial charge on any atom is 0.242 e. The highest BCUT2D eigenvalue weighted by atomic mass is 35.5. The first-order valence-corrected chi connectivity index (χ1v) is 7.85. The van der Waals surface area contributed by atoms with Gasteiger partial charge in [0.15, 0.2) is 0 Å². The number of nitrogens with two attached hydrogens (primary N) is 1. The minimum Gasteiger partial charge on any atom is -0.398 e. The Hall–Kier alpha value is -1.56.